The third-order valence-corrected chi connectivity index (χ3v) is 5.62. The van der Waals surface area contributed by atoms with Crippen molar-refractivity contribution in [3.8, 4) is 22.6 Å². The first-order valence-electron chi connectivity index (χ1n) is 9.49. The van der Waals surface area contributed by atoms with Gasteiger partial charge in [0.1, 0.15) is 11.5 Å². The Bertz CT molecular complexity index is 1240. The molecule has 0 atom stereocenters. The highest BCUT2D eigenvalue weighted by Gasteiger charge is 2.33. The zero-order chi connectivity index (χ0) is 20.1. The summed E-state index contributed by atoms with van der Waals surface area (Å²) in [4.78, 5) is 20.5. The highest BCUT2D eigenvalue weighted by molar-refractivity contribution is 5.86. The first-order valence-corrected chi connectivity index (χ1v) is 9.49. The van der Waals surface area contributed by atoms with Crippen LogP contribution >= 0.6 is 0 Å². The predicted octanol–water partition coefficient (Wildman–Crippen LogP) is 3.67. The third kappa shape index (κ3) is 2.87. The maximum atomic E-state index is 11.7. The van der Waals surface area contributed by atoms with Crippen LogP contribution in [0.3, 0.4) is 0 Å². The van der Waals surface area contributed by atoms with E-state index in [9.17, 15) is 4.79 Å². The molecule has 0 spiro atoms. The van der Waals surface area contributed by atoms with Crippen LogP contribution in [-0.4, -0.2) is 32.9 Å². The van der Waals surface area contributed by atoms with Gasteiger partial charge in [-0.1, -0.05) is 11.2 Å². The van der Waals surface area contributed by atoms with E-state index in [1.807, 2.05) is 19.9 Å². The normalized spacial score (nSPS) is 18.9. The number of fused-ring (bicyclic) bond motifs is 1. The maximum Gasteiger partial charge on any atom is 0.439 e. The van der Waals surface area contributed by atoms with E-state index >= 15 is 0 Å². The minimum atomic E-state index is -0.638. The van der Waals surface area contributed by atoms with Crippen molar-refractivity contribution in [3.05, 3.63) is 52.5 Å². The van der Waals surface area contributed by atoms with Crippen molar-refractivity contribution in [2.75, 3.05) is 7.11 Å². The second-order valence-corrected chi connectivity index (χ2v) is 7.37. The summed E-state index contributed by atoms with van der Waals surface area (Å²) in [5.74, 6) is 0.787. The summed E-state index contributed by atoms with van der Waals surface area (Å²) in [6.45, 7) is 3.82. The van der Waals surface area contributed by atoms with Gasteiger partial charge in [0.25, 0.3) is 0 Å². The number of methoxy groups -OCH3 is 1. The molecule has 29 heavy (non-hydrogen) atoms. The van der Waals surface area contributed by atoms with Gasteiger partial charge in [0.2, 0.25) is 0 Å². The molecule has 148 valence electrons. The molecule has 4 aromatic rings. The molecule has 1 aromatic carbocycles. The molecule has 1 saturated carbocycles. The Balaban J connectivity index is 1.69. The summed E-state index contributed by atoms with van der Waals surface area (Å²) in [7, 11) is 1.73. The molecular weight excluding hydrogens is 372 g/mol. The quantitative estimate of drug-likeness (QED) is 0.523. The van der Waals surface area contributed by atoms with Crippen molar-refractivity contribution in [1.82, 2.24) is 19.7 Å². The minimum Gasteiger partial charge on any atom is -0.417 e. The van der Waals surface area contributed by atoms with E-state index in [-0.39, 0.29) is 12.1 Å². The van der Waals surface area contributed by atoms with Crippen LogP contribution < -0.4 is 5.76 Å². The highest BCUT2D eigenvalue weighted by Crippen LogP contribution is 2.40. The van der Waals surface area contributed by atoms with Crippen LogP contribution in [0.4, 0.5) is 0 Å². The van der Waals surface area contributed by atoms with Crippen LogP contribution in [-0.2, 0) is 4.74 Å². The van der Waals surface area contributed by atoms with E-state index in [0.717, 1.165) is 46.5 Å². The molecular formula is C21H20N4O4. The Morgan fingerprint density at radius 1 is 1.17 bits per heavy atom. The van der Waals surface area contributed by atoms with Gasteiger partial charge < -0.3 is 18.2 Å². The maximum absolute atomic E-state index is 11.7. The zero-order valence-corrected chi connectivity index (χ0v) is 16.4. The van der Waals surface area contributed by atoms with Crippen LogP contribution in [0.25, 0.3) is 33.7 Å². The van der Waals surface area contributed by atoms with Gasteiger partial charge in [-0.15, -0.1) is 0 Å². The van der Waals surface area contributed by atoms with Crippen LogP contribution in [0.15, 0.2) is 44.3 Å². The summed E-state index contributed by atoms with van der Waals surface area (Å²) in [6, 6.07) is 8.04. The number of benzene rings is 1. The lowest BCUT2D eigenvalue weighted by Gasteiger charge is -2.36. The Morgan fingerprint density at radius 2 is 2.00 bits per heavy atom. The van der Waals surface area contributed by atoms with E-state index in [4.69, 9.17) is 18.7 Å². The average molecular weight is 392 g/mol. The van der Waals surface area contributed by atoms with Crippen LogP contribution in [0, 0.1) is 13.8 Å². The Hall–Kier alpha value is -3.26. The SMILES string of the molecule is COC1CC(n2c(-c3ccoc(=O)n3)nc3cc(-c4c(C)noc4C)ccc32)C1. The van der Waals surface area contributed by atoms with Crippen molar-refractivity contribution in [1.29, 1.82) is 0 Å². The van der Waals surface area contributed by atoms with Gasteiger partial charge in [-0.25, -0.2) is 9.78 Å². The number of nitrogens with zero attached hydrogens (tertiary/aromatic N) is 4. The van der Waals surface area contributed by atoms with Crippen LogP contribution in [0.2, 0.25) is 0 Å². The van der Waals surface area contributed by atoms with Gasteiger partial charge in [0, 0.05) is 24.8 Å². The standard InChI is InChI=1S/C21H20N4O4/c1-11-19(12(2)29-24-11)13-4-5-18-17(8-13)22-20(16-6-7-28-21(26)23-16)25(18)14-9-15(10-14)27-3/h4-8,14-15H,9-10H2,1-3H3. The van der Waals surface area contributed by atoms with E-state index in [2.05, 4.69) is 26.8 Å². The first kappa shape index (κ1) is 17.8. The Kier molecular flexibility index (Phi) is 4.09. The fourth-order valence-electron chi connectivity index (χ4n) is 4.08. The van der Waals surface area contributed by atoms with Crippen LogP contribution in [0.1, 0.15) is 30.3 Å². The molecule has 0 N–H and O–H groups in total. The fourth-order valence-corrected chi connectivity index (χ4v) is 4.08. The second-order valence-electron chi connectivity index (χ2n) is 7.37. The highest BCUT2D eigenvalue weighted by atomic mass is 16.5. The lowest BCUT2D eigenvalue weighted by molar-refractivity contribution is 0.00780. The predicted molar refractivity (Wildman–Crippen MR) is 106 cm³/mol. The summed E-state index contributed by atoms with van der Waals surface area (Å²) in [5.41, 5.74) is 5.12. The first-order chi connectivity index (χ1) is 14.0. The molecule has 8 nitrogen and oxygen atoms in total. The van der Waals surface area contributed by atoms with Gasteiger partial charge in [-0.3, -0.25) is 0 Å². The van der Waals surface area contributed by atoms with Gasteiger partial charge >= 0.3 is 5.76 Å². The Labute approximate surface area is 166 Å². The molecule has 3 aromatic heterocycles. The van der Waals surface area contributed by atoms with E-state index < -0.39 is 5.76 Å². The fraction of sp³-hybridized carbons (Fsp3) is 0.333. The van der Waals surface area contributed by atoms with E-state index in [1.54, 1.807) is 13.2 Å². The number of hydrogen-bond donors (Lipinski definition) is 0. The van der Waals surface area contributed by atoms with Gasteiger partial charge in [0.15, 0.2) is 5.82 Å². The molecule has 0 radical (unpaired) electrons. The number of rotatable bonds is 4. The molecule has 1 fully saturated rings. The largest absolute Gasteiger partial charge is 0.439 e. The molecule has 8 heteroatoms. The number of aromatic nitrogens is 4. The summed E-state index contributed by atoms with van der Waals surface area (Å²) < 4.78 is 17.7. The number of aryl methyl sites for hydroxylation is 2. The summed E-state index contributed by atoms with van der Waals surface area (Å²) in [6.07, 6.45) is 3.37. The van der Waals surface area contributed by atoms with Crippen molar-refractivity contribution in [2.45, 2.75) is 38.8 Å². The van der Waals surface area contributed by atoms with Crippen molar-refractivity contribution in [3.63, 3.8) is 0 Å². The number of hydrogen-bond acceptors (Lipinski definition) is 7. The molecule has 5 rings (SSSR count). The summed E-state index contributed by atoms with van der Waals surface area (Å²) in [5, 5.41) is 4.05. The zero-order valence-electron chi connectivity index (χ0n) is 16.4. The van der Waals surface area contributed by atoms with Crippen LogP contribution in [0.5, 0.6) is 0 Å². The molecule has 0 aliphatic heterocycles. The molecule has 0 amide bonds. The topological polar surface area (TPSA) is 96.2 Å². The third-order valence-electron chi connectivity index (χ3n) is 5.62. The number of ether oxygens (including phenoxy) is 1. The minimum absolute atomic E-state index is 0.235. The van der Waals surface area contributed by atoms with Crippen molar-refractivity contribution in [2.24, 2.45) is 0 Å². The molecule has 0 saturated heterocycles. The molecule has 1 aliphatic rings. The molecule has 0 unspecified atom stereocenters. The lowest BCUT2D eigenvalue weighted by atomic mass is 9.88. The van der Waals surface area contributed by atoms with Crippen molar-refractivity contribution >= 4 is 11.0 Å². The molecule has 0 bridgehead atoms. The Morgan fingerprint density at radius 3 is 2.69 bits per heavy atom. The van der Waals surface area contributed by atoms with Crippen molar-refractivity contribution < 1.29 is 13.7 Å². The van der Waals surface area contributed by atoms with Gasteiger partial charge in [0.05, 0.1) is 29.1 Å². The van der Waals surface area contributed by atoms with Gasteiger partial charge in [-0.2, -0.15) is 4.98 Å². The van der Waals surface area contributed by atoms with E-state index in [0.29, 0.717) is 11.5 Å². The second kappa shape index (κ2) is 6.66. The molecule has 3 heterocycles. The summed E-state index contributed by atoms with van der Waals surface area (Å²) >= 11 is 0. The average Bonchev–Trinajstić information content (AvgIpc) is 3.21. The van der Waals surface area contributed by atoms with Gasteiger partial charge in [-0.05, 0) is 44.4 Å². The smallest absolute Gasteiger partial charge is 0.417 e. The molecule has 1 aliphatic carbocycles. The lowest BCUT2D eigenvalue weighted by Crippen LogP contribution is -2.32. The number of imidazole rings is 1. The van der Waals surface area contributed by atoms with E-state index in [1.165, 1.54) is 6.26 Å². The monoisotopic (exact) mass is 392 g/mol.